The van der Waals surface area contributed by atoms with E-state index in [-0.39, 0.29) is 5.69 Å². The summed E-state index contributed by atoms with van der Waals surface area (Å²) in [5.74, 6) is -0.957. The van der Waals surface area contributed by atoms with Crippen molar-refractivity contribution in [1.29, 1.82) is 0 Å². The molecule has 0 aliphatic heterocycles. The molecule has 1 aromatic carbocycles. The van der Waals surface area contributed by atoms with Gasteiger partial charge in [0.15, 0.2) is 0 Å². The van der Waals surface area contributed by atoms with Crippen LogP contribution in [0.1, 0.15) is 10.5 Å². The number of aromatic nitrogens is 1. The molecule has 0 unspecified atom stereocenters. The summed E-state index contributed by atoms with van der Waals surface area (Å²) in [5, 5.41) is 12.1. The number of carbonyl (C=O) groups is 1. The van der Waals surface area contributed by atoms with Gasteiger partial charge in [-0.25, -0.2) is 4.79 Å². The monoisotopic (exact) mass is 348 g/mol. The van der Waals surface area contributed by atoms with E-state index in [1.165, 1.54) is 4.21 Å². The number of fused-ring (bicyclic) bond motifs is 1. The van der Waals surface area contributed by atoms with E-state index in [4.69, 9.17) is 4.74 Å². The van der Waals surface area contributed by atoms with E-state index in [1.54, 1.807) is 36.5 Å². The number of aromatic amines is 1. The van der Waals surface area contributed by atoms with Crippen LogP contribution < -0.4 is 4.31 Å². The molecule has 0 saturated carbocycles. The summed E-state index contributed by atoms with van der Waals surface area (Å²) in [4.78, 5) is 14.2. The van der Waals surface area contributed by atoms with Gasteiger partial charge in [0, 0.05) is 12.5 Å². The molecule has 2 heterocycles. The predicted molar refractivity (Wildman–Crippen MR) is 94.7 cm³/mol. The Bertz CT molecular complexity index is 799. The van der Waals surface area contributed by atoms with Gasteiger partial charge >= 0.3 is 5.97 Å². The van der Waals surface area contributed by atoms with E-state index in [9.17, 15) is 9.90 Å². The average molecular weight is 348 g/mol. The predicted octanol–water partition coefficient (Wildman–Crippen LogP) is 4.09. The average Bonchev–Trinajstić information content (AvgIpc) is 3.20. The lowest BCUT2D eigenvalue weighted by atomic mass is 10.2. The molecule has 5 nitrogen and oxygen atoms in total. The van der Waals surface area contributed by atoms with Gasteiger partial charge in [-0.15, -0.1) is 11.3 Å². The molecule has 0 bridgehead atoms. The number of hydrogen-bond acceptors (Lipinski definition) is 5. The quantitative estimate of drug-likeness (QED) is 0.630. The minimum absolute atomic E-state index is 0.195. The zero-order valence-electron chi connectivity index (χ0n) is 12.5. The number of nitrogens with zero attached hydrogens (tertiary/aromatic N) is 1. The third kappa shape index (κ3) is 3.52. The van der Waals surface area contributed by atoms with Gasteiger partial charge in [0.2, 0.25) is 0 Å². The molecule has 0 atom stereocenters. The van der Waals surface area contributed by atoms with Crippen LogP contribution in [0.2, 0.25) is 0 Å². The number of benzene rings is 1. The SMILES string of the molecule is COCCN(Sc1cccs1)c1cccc2cc(C(=O)O)[nH]c12. The van der Waals surface area contributed by atoms with Crippen LogP contribution >= 0.6 is 23.3 Å². The second-order valence-corrected chi connectivity index (χ2v) is 7.12. The number of para-hydroxylation sites is 1. The molecule has 0 aliphatic carbocycles. The minimum Gasteiger partial charge on any atom is -0.477 e. The van der Waals surface area contributed by atoms with Crippen molar-refractivity contribution in [3.05, 3.63) is 47.5 Å². The fourth-order valence-corrected chi connectivity index (χ4v) is 4.11. The van der Waals surface area contributed by atoms with E-state index in [0.717, 1.165) is 16.6 Å². The molecular weight excluding hydrogens is 332 g/mol. The Morgan fingerprint density at radius 1 is 1.39 bits per heavy atom. The number of anilines is 1. The second kappa shape index (κ2) is 7.08. The second-order valence-electron chi connectivity index (χ2n) is 4.85. The first kappa shape index (κ1) is 15.9. The highest BCUT2D eigenvalue weighted by molar-refractivity contribution is 8.02. The molecule has 0 amide bonds. The number of thiophene rings is 1. The first-order valence-corrected chi connectivity index (χ1v) is 8.67. The van der Waals surface area contributed by atoms with Gasteiger partial charge in [-0.1, -0.05) is 18.2 Å². The Balaban J connectivity index is 2.00. The molecule has 0 radical (unpaired) electrons. The van der Waals surface area contributed by atoms with E-state index < -0.39 is 5.97 Å². The number of hydrogen-bond donors (Lipinski definition) is 2. The van der Waals surface area contributed by atoms with E-state index >= 15 is 0 Å². The third-order valence-corrected chi connectivity index (χ3v) is 5.42. The summed E-state index contributed by atoms with van der Waals surface area (Å²) < 4.78 is 8.51. The highest BCUT2D eigenvalue weighted by Gasteiger charge is 2.16. The molecule has 0 aliphatic rings. The van der Waals surface area contributed by atoms with Gasteiger partial charge in [0.05, 0.1) is 28.6 Å². The van der Waals surface area contributed by atoms with Crippen LogP contribution in [0.3, 0.4) is 0 Å². The number of methoxy groups -OCH3 is 1. The van der Waals surface area contributed by atoms with Crippen LogP contribution in [0.25, 0.3) is 10.9 Å². The van der Waals surface area contributed by atoms with Crippen LogP contribution in [0.4, 0.5) is 5.69 Å². The lowest BCUT2D eigenvalue weighted by Crippen LogP contribution is -2.19. The topological polar surface area (TPSA) is 65.6 Å². The summed E-state index contributed by atoms with van der Waals surface area (Å²) in [7, 11) is 1.67. The van der Waals surface area contributed by atoms with Crippen LogP contribution in [0.15, 0.2) is 46.0 Å². The smallest absolute Gasteiger partial charge is 0.352 e. The number of H-pyrrole nitrogens is 1. The summed E-state index contributed by atoms with van der Waals surface area (Å²) in [6.07, 6.45) is 0. The van der Waals surface area contributed by atoms with Crippen molar-refractivity contribution >= 4 is 45.8 Å². The minimum atomic E-state index is -0.957. The van der Waals surface area contributed by atoms with Gasteiger partial charge in [-0.2, -0.15) is 0 Å². The van der Waals surface area contributed by atoms with Crippen LogP contribution in [0.5, 0.6) is 0 Å². The lowest BCUT2D eigenvalue weighted by Gasteiger charge is -2.23. The number of ether oxygens (including phenoxy) is 1. The normalized spacial score (nSPS) is 11.0. The Hall–Kier alpha value is -1.96. The number of nitrogens with one attached hydrogen (secondary N) is 1. The summed E-state index contributed by atoms with van der Waals surface area (Å²) in [5.41, 5.74) is 1.97. The zero-order chi connectivity index (χ0) is 16.2. The van der Waals surface area contributed by atoms with Gasteiger partial charge in [0.25, 0.3) is 0 Å². The molecular formula is C16H16N2O3S2. The number of carboxylic acid groups (broad SMARTS) is 1. The third-order valence-electron chi connectivity index (χ3n) is 3.33. The molecule has 3 rings (SSSR count). The molecule has 0 spiro atoms. The van der Waals surface area contributed by atoms with Crippen LogP contribution in [-0.4, -0.2) is 36.3 Å². The number of carboxylic acids is 1. The first-order chi connectivity index (χ1) is 11.2. The largest absolute Gasteiger partial charge is 0.477 e. The molecule has 7 heteroatoms. The Labute approximate surface area is 142 Å². The van der Waals surface area contributed by atoms with Crippen LogP contribution in [0, 0.1) is 0 Å². The van der Waals surface area contributed by atoms with Crippen molar-refractivity contribution in [3.8, 4) is 0 Å². The van der Waals surface area contributed by atoms with Crippen LogP contribution in [-0.2, 0) is 4.74 Å². The highest BCUT2D eigenvalue weighted by Crippen LogP contribution is 2.35. The first-order valence-electron chi connectivity index (χ1n) is 7.02. The van der Waals surface area contributed by atoms with Gasteiger partial charge in [-0.05, 0) is 35.5 Å². The van der Waals surface area contributed by atoms with Gasteiger partial charge in [0.1, 0.15) is 5.69 Å². The standard InChI is InChI=1S/C16H16N2O3S2/c1-21-8-7-18(23-14-6-3-9-22-14)13-5-2-4-11-10-12(16(19)20)17-15(11)13/h2-6,9-10,17H,7-8H2,1H3,(H,19,20). The molecule has 0 saturated heterocycles. The van der Waals surface area contributed by atoms with E-state index in [1.807, 2.05) is 29.6 Å². The van der Waals surface area contributed by atoms with Crippen molar-refractivity contribution in [2.45, 2.75) is 4.21 Å². The summed E-state index contributed by atoms with van der Waals surface area (Å²) in [6, 6.07) is 11.6. The zero-order valence-corrected chi connectivity index (χ0v) is 14.1. The fourth-order valence-electron chi connectivity index (χ4n) is 2.28. The van der Waals surface area contributed by atoms with E-state index in [0.29, 0.717) is 13.2 Å². The maximum absolute atomic E-state index is 11.2. The maximum atomic E-state index is 11.2. The van der Waals surface area contributed by atoms with Crippen molar-refractivity contribution in [3.63, 3.8) is 0 Å². The van der Waals surface area contributed by atoms with Crippen molar-refractivity contribution in [2.24, 2.45) is 0 Å². The van der Waals surface area contributed by atoms with Crippen molar-refractivity contribution in [1.82, 2.24) is 4.98 Å². The summed E-state index contributed by atoms with van der Waals surface area (Å²) >= 11 is 3.30. The highest BCUT2D eigenvalue weighted by atomic mass is 32.2. The van der Waals surface area contributed by atoms with Gasteiger partial charge < -0.3 is 19.1 Å². The Morgan fingerprint density at radius 3 is 2.96 bits per heavy atom. The van der Waals surface area contributed by atoms with Gasteiger partial charge in [-0.3, -0.25) is 0 Å². The van der Waals surface area contributed by atoms with Crippen molar-refractivity contribution in [2.75, 3.05) is 24.6 Å². The molecule has 120 valence electrons. The molecule has 2 N–H and O–H groups in total. The number of rotatable bonds is 7. The van der Waals surface area contributed by atoms with E-state index in [2.05, 4.69) is 15.4 Å². The molecule has 0 fully saturated rings. The number of aromatic carboxylic acids is 1. The molecule has 3 aromatic rings. The summed E-state index contributed by atoms with van der Waals surface area (Å²) in [6.45, 7) is 1.28. The Kier molecular flexibility index (Phi) is 4.90. The Morgan fingerprint density at radius 2 is 2.26 bits per heavy atom. The van der Waals surface area contributed by atoms with Crippen molar-refractivity contribution < 1.29 is 14.6 Å². The lowest BCUT2D eigenvalue weighted by molar-refractivity contribution is 0.0691. The maximum Gasteiger partial charge on any atom is 0.352 e. The fraction of sp³-hybridized carbons (Fsp3) is 0.188. The molecule has 2 aromatic heterocycles. The molecule has 23 heavy (non-hydrogen) atoms.